The van der Waals surface area contributed by atoms with Gasteiger partial charge in [0, 0.05) is 18.5 Å². The zero-order valence-electron chi connectivity index (χ0n) is 16.1. The zero-order chi connectivity index (χ0) is 20.1. The fourth-order valence-electron chi connectivity index (χ4n) is 2.71. The molecule has 0 bridgehead atoms. The van der Waals surface area contributed by atoms with Crippen molar-refractivity contribution in [3.05, 3.63) is 35.0 Å². The number of pyridine rings is 1. The molecule has 0 spiro atoms. The number of amides is 1. The summed E-state index contributed by atoms with van der Waals surface area (Å²) in [6.07, 6.45) is 4.94. The van der Waals surface area contributed by atoms with Gasteiger partial charge >= 0.3 is 0 Å². The van der Waals surface area contributed by atoms with Crippen molar-refractivity contribution in [1.82, 2.24) is 20.1 Å². The molecule has 3 heterocycles. The van der Waals surface area contributed by atoms with Gasteiger partial charge in [-0.1, -0.05) is 19.8 Å². The molecule has 0 fully saturated rings. The van der Waals surface area contributed by atoms with Crippen molar-refractivity contribution in [2.45, 2.75) is 33.1 Å². The molecule has 2 N–H and O–H groups in total. The molecule has 3 aromatic rings. The molecule has 7 nitrogen and oxygen atoms in total. The number of nitrogens with one attached hydrogen (secondary N) is 2. The van der Waals surface area contributed by atoms with E-state index in [0.29, 0.717) is 23.1 Å². The lowest BCUT2D eigenvalue weighted by atomic mass is 10.3. The first-order chi connectivity index (χ1) is 13.5. The minimum atomic E-state index is -0.248. The highest BCUT2D eigenvalue weighted by Crippen LogP contribution is 2.27. The largest absolute Gasteiger partial charge is 0.478 e. The molecule has 0 saturated heterocycles. The fraction of sp³-hybridized carbons (Fsp3) is 0.368. The maximum absolute atomic E-state index is 12.5. The maximum Gasteiger partial charge on any atom is 0.267 e. The van der Waals surface area contributed by atoms with Gasteiger partial charge in [0.05, 0.1) is 29.1 Å². The molecule has 1 amide bonds. The minimum Gasteiger partial charge on any atom is -0.478 e. The Morgan fingerprint density at radius 3 is 2.86 bits per heavy atom. The molecule has 3 aromatic heterocycles. The minimum absolute atomic E-state index is 0.218. The highest BCUT2D eigenvalue weighted by Gasteiger charge is 2.16. The number of aryl methyl sites for hydroxylation is 2. The first kappa shape index (κ1) is 20.2. The molecule has 28 heavy (non-hydrogen) atoms. The van der Waals surface area contributed by atoms with Gasteiger partial charge in [-0.15, -0.1) is 11.3 Å². The van der Waals surface area contributed by atoms with Crippen LogP contribution in [0.15, 0.2) is 24.4 Å². The number of thiophene rings is 1. The number of ether oxygens (including phenoxy) is 1. The highest BCUT2D eigenvalue weighted by molar-refractivity contribution is 7.80. The SMILES string of the molecule is CCCCCOc1ccc(NC(=S)NC(=O)c2cc3c(C)nn(C)c3s2)cn1. The van der Waals surface area contributed by atoms with E-state index in [9.17, 15) is 4.79 Å². The summed E-state index contributed by atoms with van der Waals surface area (Å²) in [5.41, 5.74) is 1.58. The molecule has 0 saturated carbocycles. The Bertz CT molecular complexity index is 944. The molecule has 0 atom stereocenters. The lowest BCUT2D eigenvalue weighted by Gasteiger charge is -2.09. The molecular formula is C19H23N5O2S2. The van der Waals surface area contributed by atoms with Crippen LogP contribution in [-0.2, 0) is 7.05 Å². The van der Waals surface area contributed by atoms with Crippen molar-refractivity contribution >= 4 is 50.5 Å². The normalized spacial score (nSPS) is 10.8. The molecule has 0 aliphatic rings. The quantitative estimate of drug-likeness (QED) is 0.446. The van der Waals surface area contributed by atoms with E-state index in [4.69, 9.17) is 17.0 Å². The molecule has 0 radical (unpaired) electrons. The molecule has 3 rings (SSSR count). The first-order valence-electron chi connectivity index (χ1n) is 9.12. The van der Waals surface area contributed by atoms with Gasteiger partial charge < -0.3 is 10.1 Å². The topological polar surface area (TPSA) is 81.1 Å². The molecule has 0 unspecified atom stereocenters. The third-order valence-corrected chi connectivity index (χ3v) is 5.54. The third kappa shape index (κ3) is 4.85. The van der Waals surface area contributed by atoms with Crippen LogP contribution in [0.1, 0.15) is 41.6 Å². The smallest absolute Gasteiger partial charge is 0.267 e. The van der Waals surface area contributed by atoms with Crippen LogP contribution < -0.4 is 15.4 Å². The van der Waals surface area contributed by atoms with Crippen LogP contribution in [0.4, 0.5) is 5.69 Å². The van der Waals surface area contributed by atoms with Crippen LogP contribution in [0.5, 0.6) is 5.88 Å². The van der Waals surface area contributed by atoms with Gasteiger partial charge in [0.15, 0.2) is 5.11 Å². The summed E-state index contributed by atoms with van der Waals surface area (Å²) < 4.78 is 7.36. The number of anilines is 1. The van der Waals surface area contributed by atoms with Crippen LogP contribution >= 0.6 is 23.6 Å². The Labute approximate surface area is 173 Å². The zero-order valence-corrected chi connectivity index (χ0v) is 17.7. The lowest BCUT2D eigenvalue weighted by molar-refractivity contribution is 0.0981. The van der Waals surface area contributed by atoms with Gasteiger partial charge in [-0.2, -0.15) is 5.10 Å². The summed E-state index contributed by atoms with van der Waals surface area (Å²) >= 11 is 6.63. The van der Waals surface area contributed by atoms with E-state index in [1.165, 1.54) is 11.3 Å². The summed E-state index contributed by atoms with van der Waals surface area (Å²) in [4.78, 5) is 18.3. The van der Waals surface area contributed by atoms with Gasteiger partial charge in [0.2, 0.25) is 5.88 Å². The van der Waals surface area contributed by atoms with Crippen LogP contribution in [0.2, 0.25) is 0 Å². The number of hydrogen-bond acceptors (Lipinski definition) is 6. The first-order valence-corrected chi connectivity index (χ1v) is 10.3. The lowest BCUT2D eigenvalue weighted by Crippen LogP contribution is -2.33. The number of thiocarbonyl (C=S) groups is 1. The van der Waals surface area contributed by atoms with E-state index >= 15 is 0 Å². The Balaban J connectivity index is 1.54. The van der Waals surface area contributed by atoms with Gasteiger partial charge in [-0.3, -0.25) is 14.8 Å². The average Bonchev–Trinajstić information content (AvgIpc) is 3.22. The Morgan fingerprint density at radius 1 is 1.36 bits per heavy atom. The van der Waals surface area contributed by atoms with Gasteiger partial charge in [-0.25, -0.2) is 4.98 Å². The second-order valence-corrected chi connectivity index (χ2v) is 7.83. The summed E-state index contributed by atoms with van der Waals surface area (Å²) in [7, 11) is 1.86. The number of fused-ring (bicyclic) bond motifs is 1. The highest BCUT2D eigenvalue weighted by atomic mass is 32.1. The summed E-state index contributed by atoms with van der Waals surface area (Å²) in [6.45, 7) is 4.73. The van der Waals surface area contributed by atoms with E-state index in [0.717, 1.165) is 35.2 Å². The number of carbonyl (C=O) groups excluding carboxylic acids is 1. The Kier molecular flexibility index (Phi) is 6.58. The van der Waals surface area contributed by atoms with E-state index in [1.54, 1.807) is 16.9 Å². The molecule has 0 aliphatic carbocycles. The van der Waals surface area contributed by atoms with Crippen molar-refractivity contribution in [2.75, 3.05) is 11.9 Å². The van der Waals surface area contributed by atoms with Crippen molar-refractivity contribution < 1.29 is 9.53 Å². The molecule has 148 valence electrons. The molecule has 9 heteroatoms. The molecule has 0 aliphatic heterocycles. The number of aromatic nitrogens is 3. The second kappa shape index (κ2) is 9.11. The number of nitrogens with zero attached hydrogens (tertiary/aromatic N) is 3. The van der Waals surface area contributed by atoms with E-state index < -0.39 is 0 Å². The van der Waals surface area contributed by atoms with Gasteiger partial charge in [0.1, 0.15) is 4.83 Å². The monoisotopic (exact) mass is 417 g/mol. The third-order valence-electron chi connectivity index (χ3n) is 4.14. The Morgan fingerprint density at radius 2 is 2.18 bits per heavy atom. The number of unbranched alkanes of at least 4 members (excludes halogenated alkanes) is 2. The number of rotatable bonds is 7. The Hall–Kier alpha value is -2.52. The molecular weight excluding hydrogens is 394 g/mol. The molecule has 0 aromatic carbocycles. The number of hydrogen-bond donors (Lipinski definition) is 2. The van der Waals surface area contributed by atoms with Crippen LogP contribution in [0.3, 0.4) is 0 Å². The van der Waals surface area contributed by atoms with E-state index in [1.807, 2.05) is 26.1 Å². The van der Waals surface area contributed by atoms with Crippen LogP contribution in [-0.4, -0.2) is 32.4 Å². The number of carbonyl (C=O) groups is 1. The predicted molar refractivity (Wildman–Crippen MR) is 116 cm³/mol. The van der Waals surface area contributed by atoms with Crippen molar-refractivity contribution in [3.63, 3.8) is 0 Å². The van der Waals surface area contributed by atoms with Crippen molar-refractivity contribution in [1.29, 1.82) is 0 Å². The average molecular weight is 418 g/mol. The second-order valence-electron chi connectivity index (χ2n) is 6.39. The van der Waals surface area contributed by atoms with Crippen molar-refractivity contribution in [3.8, 4) is 5.88 Å². The maximum atomic E-state index is 12.5. The fourth-order valence-corrected chi connectivity index (χ4v) is 3.94. The summed E-state index contributed by atoms with van der Waals surface area (Å²) in [5.74, 6) is 0.327. The standard InChI is InChI=1S/C19H23N5O2S2/c1-4-5-6-9-26-16-8-7-13(11-20-16)21-19(27)22-17(25)15-10-14-12(2)23-24(3)18(14)28-15/h7-8,10-11H,4-6,9H2,1-3H3,(H2,21,22,25,27). The van der Waals surface area contributed by atoms with Crippen LogP contribution in [0.25, 0.3) is 10.2 Å². The van der Waals surface area contributed by atoms with Gasteiger partial charge in [0.25, 0.3) is 5.91 Å². The summed E-state index contributed by atoms with van der Waals surface area (Å²) in [5, 5.41) is 11.2. The van der Waals surface area contributed by atoms with Crippen molar-refractivity contribution in [2.24, 2.45) is 7.05 Å². The van der Waals surface area contributed by atoms with Crippen LogP contribution in [0, 0.1) is 6.92 Å². The predicted octanol–water partition coefficient (Wildman–Crippen LogP) is 4.03. The van der Waals surface area contributed by atoms with Gasteiger partial charge in [-0.05, 0) is 37.7 Å². The summed E-state index contributed by atoms with van der Waals surface area (Å²) in [6, 6.07) is 5.43. The van der Waals surface area contributed by atoms with E-state index in [-0.39, 0.29) is 11.0 Å². The van der Waals surface area contributed by atoms with E-state index in [2.05, 4.69) is 27.6 Å².